The van der Waals surface area contributed by atoms with Crippen LogP contribution in [0.15, 0.2) is 48.8 Å². The number of benzene rings is 2. The maximum absolute atomic E-state index is 13.1. The highest BCUT2D eigenvalue weighted by Crippen LogP contribution is 2.17. The minimum atomic E-state index is -0.887. The van der Waals surface area contributed by atoms with Crippen molar-refractivity contribution in [2.75, 3.05) is 11.9 Å². The van der Waals surface area contributed by atoms with E-state index >= 15 is 0 Å². The van der Waals surface area contributed by atoms with Crippen LogP contribution >= 0.6 is 0 Å². The third kappa shape index (κ3) is 3.61. The lowest BCUT2D eigenvalue weighted by atomic mass is 10.2. The monoisotopic (exact) mass is 309 g/mol. The van der Waals surface area contributed by atoms with E-state index < -0.39 is 11.6 Å². The highest BCUT2D eigenvalue weighted by atomic mass is 19.2. The minimum absolute atomic E-state index is 0.455. The van der Waals surface area contributed by atoms with E-state index in [9.17, 15) is 8.78 Å². The molecule has 114 valence electrons. The van der Waals surface area contributed by atoms with Crippen LogP contribution in [0.2, 0.25) is 0 Å². The van der Waals surface area contributed by atoms with Gasteiger partial charge in [0.15, 0.2) is 11.6 Å². The van der Waals surface area contributed by atoms with Crippen LogP contribution < -0.4 is 5.32 Å². The Morgan fingerprint density at radius 1 is 1.00 bits per heavy atom. The third-order valence-corrected chi connectivity index (χ3v) is 3.24. The molecule has 2 aromatic carbocycles. The summed E-state index contributed by atoms with van der Waals surface area (Å²) in [5.41, 5.74) is 1.33. The molecule has 0 aliphatic rings. The lowest BCUT2D eigenvalue weighted by Crippen LogP contribution is -2.03. The first kappa shape index (κ1) is 14.9. The topological polar surface area (TPSA) is 37.8 Å². The van der Waals surface area contributed by atoms with Gasteiger partial charge in [-0.3, -0.25) is 0 Å². The zero-order valence-corrected chi connectivity index (χ0v) is 12.2. The van der Waals surface area contributed by atoms with Crippen molar-refractivity contribution in [3.8, 4) is 11.8 Å². The molecule has 0 aliphatic heterocycles. The highest BCUT2D eigenvalue weighted by Gasteiger charge is 2.01. The van der Waals surface area contributed by atoms with E-state index in [2.05, 4.69) is 27.1 Å². The van der Waals surface area contributed by atoms with Gasteiger partial charge in [-0.05, 0) is 30.3 Å². The maximum Gasteiger partial charge on any atom is 0.160 e. The summed E-state index contributed by atoms with van der Waals surface area (Å²) in [4.78, 5) is 8.42. The molecule has 1 N–H and O–H groups in total. The smallest absolute Gasteiger partial charge is 0.160 e. The van der Waals surface area contributed by atoms with Gasteiger partial charge in [0.1, 0.15) is 12.1 Å². The van der Waals surface area contributed by atoms with Crippen LogP contribution in [-0.4, -0.2) is 16.5 Å². The molecule has 0 spiro atoms. The lowest BCUT2D eigenvalue weighted by molar-refractivity contribution is 0.508. The number of rotatable bonds is 3. The van der Waals surface area contributed by atoms with Gasteiger partial charge < -0.3 is 5.32 Å². The molecule has 1 aromatic heterocycles. The molecule has 23 heavy (non-hydrogen) atoms. The summed E-state index contributed by atoms with van der Waals surface area (Å²) < 4.78 is 25.9. The number of para-hydroxylation sites is 1. The van der Waals surface area contributed by atoms with Gasteiger partial charge in [0, 0.05) is 23.9 Å². The molecular weight excluding hydrogens is 296 g/mol. The van der Waals surface area contributed by atoms with Crippen LogP contribution in [0.3, 0.4) is 0 Å². The average molecular weight is 309 g/mol. The van der Waals surface area contributed by atoms with E-state index in [1.54, 1.807) is 0 Å². The molecule has 3 rings (SSSR count). The highest BCUT2D eigenvalue weighted by molar-refractivity contribution is 5.88. The Morgan fingerprint density at radius 2 is 1.87 bits per heavy atom. The molecule has 0 saturated carbocycles. The summed E-state index contributed by atoms with van der Waals surface area (Å²) in [6.07, 6.45) is 2.06. The molecular formula is C18H13F2N3. The number of nitrogens with zero attached hydrogens (tertiary/aromatic N) is 2. The molecule has 0 saturated heterocycles. The van der Waals surface area contributed by atoms with Crippen LogP contribution in [0, 0.1) is 23.5 Å². The summed E-state index contributed by atoms with van der Waals surface area (Å²) >= 11 is 0. The standard InChI is InChI=1S/C18H13F2N3/c19-15-9-8-13(11-16(15)20)5-3-4-10-21-18-14-6-1-2-7-17(14)22-12-23-18/h1-2,6-9,11-12H,4,10H2,(H,21,22,23). The predicted octanol–water partition coefficient (Wildman–Crippen LogP) is 3.76. The zero-order chi connectivity index (χ0) is 16.1. The summed E-state index contributed by atoms with van der Waals surface area (Å²) in [6, 6.07) is 11.3. The minimum Gasteiger partial charge on any atom is -0.368 e. The van der Waals surface area contributed by atoms with Crippen molar-refractivity contribution in [1.82, 2.24) is 9.97 Å². The number of halogens is 2. The number of fused-ring (bicyclic) bond motifs is 1. The quantitative estimate of drug-likeness (QED) is 0.591. The first-order valence-electron chi connectivity index (χ1n) is 7.11. The van der Waals surface area contributed by atoms with Gasteiger partial charge >= 0.3 is 0 Å². The number of hydrogen-bond acceptors (Lipinski definition) is 3. The van der Waals surface area contributed by atoms with E-state index in [4.69, 9.17) is 0 Å². The van der Waals surface area contributed by atoms with Gasteiger partial charge in [-0.2, -0.15) is 0 Å². The second kappa shape index (κ2) is 6.84. The molecule has 0 aliphatic carbocycles. The van der Waals surface area contributed by atoms with E-state index in [-0.39, 0.29) is 0 Å². The molecule has 0 radical (unpaired) electrons. The predicted molar refractivity (Wildman–Crippen MR) is 85.9 cm³/mol. The molecule has 3 nitrogen and oxygen atoms in total. The van der Waals surface area contributed by atoms with Gasteiger partial charge in [-0.1, -0.05) is 24.0 Å². The average Bonchev–Trinajstić information content (AvgIpc) is 2.58. The summed E-state index contributed by atoms with van der Waals surface area (Å²) in [5.74, 6) is 4.73. The molecule has 0 atom stereocenters. The van der Waals surface area contributed by atoms with Crippen molar-refractivity contribution >= 4 is 16.7 Å². The summed E-state index contributed by atoms with van der Waals surface area (Å²) in [7, 11) is 0. The van der Waals surface area contributed by atoms with Crippen LogP contribution in [0.25, 0.3) is 10.9 Å². The van der Waals surface area contributed by atoms with Crippen molar-refractivity contribution in [1.29, 1.82) is 0 Å². The Bertz CT molecular complexity index is 892. The van der Waals surface area contributed by atoms with Crippen LogP contribution in [0.1, 0.15) is 12.0 Å². The third-order valence-electron chi connectivity index (χ3n) is 3.24. The Morgan fingerprint density at radius 3 is 2.74 bits per heavy atom. The fraction of sp³-hybridized carbons (Fsp3) is 0.111. The molecule has 5 heteroatoms. The van der Waals surface area contributed by atoms with Gasteiger partial charge in [0.2, 0.25) is 0 Å². The van der Waals surface area contributed by atoms with Gasteiger partial charge in [0.25, 0.3) is 0 Å². The second-order valence-electron chi connectivity index (χ2n) is 4.85. The first-order valence-corrected chi connectivity index (χ1v) is 7.11. The number of anilines is 1. The SMILES string of the molecule is Fc1ccc(C#CCCNc2ncnc3ccccc23)cc1F. The van der Waals surface area contributed by atoms with Crippen molar-refractivity contribution in [3.63, 3.8) is 0 Å². The fourth-order valence-electron chi connectivity index (χ4n) is 2.13. The van der Waals surface area contributed by atoms with Crippen molar-refractivity contribution in [2.45, 2.75) is 6.42 Å². The number of hydrogen-bond donors (Lipinski definition) is 1. The summed E-state index contributed by atoms with van der Waals surface area (Å²) in [6.45, 7) is 0.595. The van der Waals surface area contributed by atoms with Gasteiger partial charge in [0.05, 0.1) is 5.52 Å². The Labute approximate surface area is 132 Å². The molecule has 0 amide bonds. The van der Waals surface area contributed by atoms with E-state index in [1.807, 2.05) is 24.3 Å². The Kier molecular flexibility index (Phi) is 4.44. The normalized spacial score (nSPS) is 10.2. The maximum atomic E-state index is 13.1. The molecule has 3 aromatic rings. The first-order chi connectivity index (χ1) is 11.2. The molecule has 0 fully saturated rings. The largest absolute Gasteiger partial charge is 0.368 e. The number of aromatic nitrogens is 2. The van der Waals surface area contributed by atoms with Crippen LogP contribution in [0.4, 0.5) is 14.6 Å². The molecule has 0 bridgehead atoms. The van der Waals surface area contributed by atoms with E-state index in [1.165, 1.54) is 12.4 Å². The summed E-state index contributed by atoms with van der Waals surface area (Å²) in [5, 5.41) is 4.15. The lowest BCUT2D eigenvalue weighted by Gasteiger charge is -2.05. The van der Waals surface area contributed by atoms with Crippen molar-refractivity contribution in [3.05, 3.63) is 66.0 Å². The fourth-order valence-corrected chi connectivity index (χ4v) is 2.13. The Balaban J connectivity index is 1.61. The van der Waals surface area contributed by atoms with Crippen LogP contribution in [0.5, 0.6) is 0 Å². The molecule has 1 heterocycles. The zero-order valence-electron chi connectivity index (χ0n) is 12.2. The van der Waals surface area contributed by atoms with E-state index in [0.717, 1.165) is 28.9 Å². The number of nitrogens with one attached hydrogen (secondary N) is 1. The second-order valence-corrected chi connectivity index (χ2v) is 4.85. The van der Waals surface area contributed by atoms with Crippen molar-refractivity contribution < 1.29 is 8.78 Å². The molecule has 0 unspecified atom stereocenters. The van der Waals surface area contributed by atoms with Crippen LogP contribution in [-0.2, 0) is 0 Å². The Hall–Kier alpha value is -3.00. The van der Waals surface area contributed by atoms with Gasteiger partial charge in [-0.15, -0.1) is 0 Å². The van der Waals surface area contributed by atoms with Gasteiger partial charge in [-0.25, -0.2) is 18.7 Å². The van der Waals surface area contributed by atoms with E-state index in [0.29, 0.717) is 18.5 Å². The van der Waals surface area contributed by atoms with Crippen molar-refractivity contribution in [2.24, 2.45) is 0 Å².